The van der Waals surface area contributed by atoms with Crippen LogP contribution in [0.25, 0.3) is 0 Å². The highest BCUT2D eigenvalue weighted by Crippen LogP contribution is 2.30. The summed E-state index contributed by atoms with van der Waals surface area (Å²) < 4.78 is 24.1. The first kappa shape index (κ1) is 22.2. The van der Waals surface area contributed by atoms with E-state index in [1.165, 1.54) is 12.3 Å². The second-order valence-electron chi connectivity index (χ2n) is 7.46. The van der Waals surface area contributed by atoms with Crippen LogP contribution in [0.2, 0.25) is 0 Å². The molecule has 2 heterocycles. The van der Waals surface area contributed by atoms with Gasteiger partial charge in [0.1, 0.15) is 24.0 Å². The molecule has 0 radical (unpaired) electrons. The summed E-state index contributed by atoms with van der Waals surface area (Å²) >= 11 is -1.63. The molecule has 0 bridgehead atoms. The van der Waals surface area contributed by atoms with E-state index in [1.54, 1.807) is 31.2 Å². The van der Waals surface area contributed by atoms with Crippen LogP contribution >= 0.6 is 0 Å². The Hall–Kier alpha value is -3.47. The molecule has 2 amide bonds. The van der Waals surface area contributed by atoms with Crippen molar-refractivity contribution in [1.29, 1.82) is 0 Å². The molecule has 3 rings (SSSR count). The molecule has 1 unspecified atom stereocenters. The second kappa shape index (κ2) is 9.13. The molecule has 31 heavy (non-hydrogen) atoms. The van der Waals surface area contributed by atoms with Crippen LogP contribution < -0.4 is 25.8 Å². The van der Waals surface area contributed by atoms with E-state index >= 15 is 0 Å². The molecule has 2 aromatic rings. The molecule has 0 fully saturated rings. The number of fused-ring (bicyclic) bond motifs is 1. The molecule has 0 spiro atoms. The molecule has 0 saturated carbocycles. The monoisotopic (exact) mass is 444 g/mol. The first-order valence-electron chi connectivity index (χ1n) is 9.56. The van der Waals surface area contributed by atoms with Crippen molar-refractivity contribution >= 4 is 40.3 Å². The molecule has 1 aliphatic heterocycles. The second-order valence-corrected chi connectivity index (χ2v) is 8.35. The highest BCUT2D eigenvalue weighted by atomic mass is 32.2. The van der Waals surface area contributed by atoms with Gasteiger partial charge < -0.3 is 21.1 Å². The number of carbonyl (C=O) groups excluding carboxylic acids is 2. The van der Waals surface area contributed by atoms with Gasteiger partial charge in [0.25, 0.3) is 5.91 Å². The van der Waals surface area contributed by atoms with E-state index in [-0.39, 0.29) is 24.3 Å². The Kier molecular flexibility index (Phi) is 6.54. The van der Waals surface area contributed by atoms with Crippen LogP contribution in [0.15, 0.2) is 40.9 Å². The predicted molar refractivity (Wildman–Crippen MR) is 119 cm³/mol. The zero-order valence-electron chi connectivity index (χ0n) is 17.4. The highest BCUT2D eigenvalue weighted by Gasteiger charge is 2.25. The molecule has 5 N–H and O–H groups in total. The number of benzene rings is 1. The first-order chi connectivity index (χ1) is 14.7. The van der Waals surface area contributed by atoms with E-state index in [0.717, 1.165) is 0 Å². The maximum atomic E-state index is 12.7. The standard InChI is InChI=1S/C20H24N6O4S/c1-4-16(27)23-15-10-12(8-9-22-15)19(28)24-20(2,3)11-30-14-7-5-6-13-17(14)18(21)26-31(29)25-13/h5-10,25H,4,11H2,1-3H3,(H2,21,26)(H,24,28)(H,22,23,27). The van der Waals surface area contributed by atoms with Crippen molar-refractivity contribution < 1.29 is 18.5 Å². The van der Waals surface area contributed by atoms with Gasteiger partial charge >= 0.3 is 0 Å². The number of hydrogen-bond acceptors (Lipinski definition) is 6. The van der Waals surface area contributed by atoms with Gasteiger partial charge in [0.15, 0.2) is 0 Å². The first-order valence-corrected chi connectivity index (χ1v) is 10.7. The fourth-order valence-electron chi connectivity index (χ4n) is 2.80. The van der Waals surface area contributed by atoms with Gasteiger partial charge in [0.05, 0.1) is 16.8 Å². The largest absolute Gasteiger partial charge is 0.490 e. The molecule has 164 valence electrons. The van der Waals surface area contributed by atoms with Gasteiger partial charge in [-0.2, -0.15) is 4.40 Å². The zero-order chi connectivity index (χ0) is 22.6. The highest BCUT2D eigenvalue weighted by molar-refractivity contribution is 7.85. The maximum absolute atomic E-state index is 12.7. The fraction of sp³-hybridized carbons (Fsp3) is 0.300. The molecule has 10 nitrogen and oxygen atoms in total. The Balaban J connectivity index is 1.68. The van der Waals surface area contributed by atoms with E-state index in [2.05, 4.69) is 24.7 Å². The summed E-state index contributed by atoms with van der Waals surface area (Å²) in [6.45, 7) is 5.49. The number of nitrogens with one attached hydrogen (secondary N) is 3. The van der Waals surface area contributed by atoms with Gasteiger partial charge in [-0.25, -0.2) is 9.19 Å². The van der Waals surface area contributed by atoms with Crippen molar-refractivity contribution in [3.8, 4) is 5.75 Å². The molecule has 1 aromatic carbocycles. The summed E-state index contributed by atoms with van der Waals surface area (Å²) in [7, 11) is 0. The van der Waals surface area contributed by atoms with Gasteiger partial charge in [-0.15, -0.1) is 0 Å². The van der Waals surface area contributed by atoms with E-state index in [9.17, 15) is 13.8 Å². The number of rotatable bonds is 7. The molecule has 11 heteroatoms. The Morgan fingerprint density at radius 1 is 1.29 bits per heavy atom. The number of anilines is 2. The fourth-order valence-corrected chi connectivity index (χ4v) is 3.47. The smallest absolute Gasteiger partial charge is 0.252 e. The maximum Gasteiger partial charge on any atom is 0.252 e. The molecular weight excluding hydrogens is 420 g/mol. The van der Waals surface area contributed by atoms with E-state index in [1.807, 2.05) is 13.8 Å². The van der Waals surface area contributed by atoms with Crippen molar-refractivity contribution in [3.05, 3.63) is 47.7 Å². The number of carbonyl (C=O) groups is 2. The minimum Gasteiger partial charge on any atom is -0.490 e. The summed E-state index contributed by atoms with van der Waals surface area (Å²) in [4.78, 5) is 28.3. The molecule has 0 aliphatic carbocycles. The normalized spacial score (nSPS) is 15.2. The summed E-state index contributed by atoms with van der Waals surface area (Å²) in [5.74, 6) is 0.355. The van der Waals surface area contributed by atoms with Gasteiger partial charge in [0, 0.05) is 18.2 Å². The number of amides is 2. The average molecular weight is 445 g/mol. The van der Waals surface area contributed by atoms with Crippen LogP contribution in [0.1, 0.15) is 43.1 Å². The molecule has 1 aromatic heterocycles. The summed E-state index contributed by atoms with van der Waals surface area (Å²) in [6, 6.07) is 8.26. The molecule has 1 aliphatic rings. The summed E-state index contributed by atoms with van der Waals surface area (Å²) in [5.41, 5.74) is 6.62. The van der Waals surface area contributed by atoms with E-state index in [0.29, 0.717) is 34.8 Å². The van der Waals surface area contributed by atoms with Crippen LogP contribution in [0, 0.1) is 0 Å². The van der Waals surface area contributed by atoms with Crippen molar-refractivity contribution in [3.63, 3.8) is 0 Å². The van der Waals surface area contributed by atoms with Crippen molar-refractivity contribution in [1.82, 2.24) is 10.3 Å². The third-order valence-electron chi connectivity index (χ3n) is 4.31. The third kappa shape index (κ3) is 5.57. The lowest BCUT2D eigenvalue weighted by Gasteiger charge is -2.27. The Bertz CT molecular complexity index is 1070. The lowest BCUT2D eigenvalue weighted by atomic mass is 10.1. The van der Waals surface area contributed by atoms with Crippen LogP contribution in [0.4, 0.5) is 11.5 Å². The van der Waals surface area contributed by atoms with Gasteiger partial charge in [-0.05, 0) is 38.1 Å². The predicted octanol–water partition coefficient (Wildman–Crippen LogP) is 1.73. The molecule has 1 atom stereocenters. The molecular formula is C20H24N6O4S. The van der Waals surface area contributed by atoms with Crippen LogP contribution in [-0.2, 0) is 16.0 Å². The van der Waals surface area contributed by atoms with Gasteiger partial charge in [0.2, 0.25) is 17.1 Å². The third-order valence-corrected chi connectivity index (χ3v) is 5.07. The number of nitrogens with zero attached hydrogens (tertiary/aromatic N) is 2. The Labute approximate surface area is 182 Å². The number of aromatic nitrogens is 1. The van der Waals surface area contributed by atoms with E-state index in [4.69, 9.17) is 10.5 Å². The minimum absolute atomic E-state index is 0.114. The van der Waals surface area contributed by atoms with Gasteiger partial charge in [-0.3, -0.25) is 14.3 Å². The lowest BCUT2D eigenvalue weighted by Crippen LogP contribution is -2.48. The SMILES string of the molecule is CCC(=O)Nc1cc(C(=O)NC(C)(C)COc2cccc3c2C(N)=NS(=O)N3)ccn1. The van der Waals surface area contributed by atoms with Crippen molar-refractivity contribution in [2.75, 3.05) is 16.6 Å². The minimum atomic E-state index is -1.63. The quantitative estimate of drug-likeness (QED) is 0.511. The van der Waals surface area contributed by atoms with Crippen LogP contribution in [0.5, 0.6) is 5.75 Å². The number of nitrogens with two attached hydrogens (primary N) is 1. The lowest BCUT2D eigenvalue weighted by molar-refractivity contribution is -0.115. The number of pyridine rings is 1. The number of amidine groups is 1. The summed E-state index contributed by atoms with van der Waals surface area (Å²) in [6.07, 6.45) is 1.77. The zero-order valence-corrected chi connectivity index (χ0v) is 18.2. The molecule has 0 saturated heterocycles. The topological polar surface area (TPSA) is 148 Å². The van der Waals surface area contributed by atoms with Crippen LogP contribution in [0.3, 0.4) is 0 Å². The van der Waals surface area contributed by atoms with Gasteiger partial charge in [-0.1, -0.05) is 13.0 Å². The number of hydrogen-bond donors (Lipinski definition) is 4. The Morgan fingerprint density at radius 2 is 2.06 bits per heavy atom. The van der Waals surface area contributed by atoms with E-state index < -0.39 is 16.7 Å². The van der Waals surface area contributed by atoms with Crippen LogP contribution in [-0.4, -0.2) is 39.0 Å². The summed E-state index contributed by atoms with van der Waals surface area (Å²) in [5, 5.41) is 5.53. The number of ether oxygens (including phenoxy) is 1. The Morgan fingerprint density at radius 3 is 2.81 bits per heavy atom. The van der Waals surface area contributed by atoms with Crippen molar-refractivity contribution in [2.45, 2.75) is 32.7 Å². The average Bonchev–Trinajstić information content (AvgIpc) is 2.71. The van der Waals surface area contributed by atoms with Crippen molar-refractivity contribution in [2.24, 2.45) is 10.1 Å².